The first kappa shape index (κ1) is 18.2. The predicted molar refractivity (Wildman–Crippen MR) is 91.9 cm³/mol. The van der Waals surface area contributed by atoms with E-state index >= 15 is 0 Å². The molecule has 0 radical (unpaired) electrons. The molecule has 2 nitrogen and oxygen atoms in total. The van der Waals surface area contributed by atoms with Crippen LogP contribution < -0.4 is 5.32 Å². The Morgan fingerprint density at radius 2 is 1.52 bits per heavy atom. The molecule has 0 heterocycles. The normalized spacial score (nSPS) is 15.8. The van der Waals surface area contributed by atoms with Gasteiger partial charge < -0.3 is 10.1 Å². The minimum atomic E-state index is -0.0811. The molecule has 0 saturated carbocycles. The highest BCUT2D eigenvalue weighted by Crippen LogP contribution is 2.24. The first-order valence-corrected chi connectivity index (χ1v) is 7.97. The first-order chi connectivity index (χ1) is 9.55. The van der Waals surface area contributed by atoms with Gasteiger partial charge in [-0.1, -0.05) is 45.0 Å². The number of ether oxygens (including phenoxy) is 1. The van der Waals surface area contributed by atoms with Crippen LogP contribution in [0.15, 0.2) is 24.3 Å². The maximum Gasteiger partial charge on any atom is 0.0637 e. The standard InChI is InChI=1S/C19H33NO/c1-14(13-19(6,7)21-8)20-15(2)16-9-11-17(12-10-16)18(3,4)5/h9-12,14-15,20H,13H2,1-8H3. The van der Waals surface area contributed by atoms with E-state index < -0.39 is 0 Å². The van der Waals surface area contributed by atoms with Gasteiger partial charge in [-0.3, -0.25) is 0 Å². The van der Waals surface area contributed by atoms with E-state index in [9.17, 15) is 0 Å². The lowest BCUT2D eigenvalue weighted by Crippen LogP contribution is -2.36. The zero-order valence-electron chi connectivity index (χ0n) is 15.1. The van der Waals surface area contributed by atoms with Crippen molar-refractivity contribution < 1.29 is 4.74 Å². The molecule has 2 atom stereocenters. The summed E-state index contributed by atoms with van der Waals surface area (Å²) >= 11 is 0. The maximum absolute atomic E-state index is 5.51. The number of benzene rings is 1. The van der Waals surface area contributed by atoms with Crippen molar-refractivity contribution in [1.82, 2.24) is 5.32 Å². The van der Waals surface area contributed by atoms with Crippen molar-refractivity contribution in [2.45, 2.75) is 78.0 Å². The zero-order chi connectivity index (χ0) is 16.3. The summed E-state index contributed by atoms with van der Waals surface area (Å²) in [7, 11) is 1.78. The minimum Gasteiger partial charge on any atom is -0.379 e. The van der Waals surface area contributed by atoms with Gasteiger partial charge in [-0.15, -0.1) is 0 Å². The fourth-order valence-electron chi connectivity index (χ4n) is 2.67. The van der Waals surface area contributed by atoms with Crippen molar-refractivity contribution in [3.63, 3.8) is 0 Å². The molecule has 120 valence electrons. The Morgan fingerprint density at radius 1 is 1.00 bits per heavy atom. The summed E-state index contributed by atoms with van der Waals surface area (Å²) in [5.74, 6) is 0. The monoisotopic (exact) mass is 291 g/mol. The fraction of sp³-hybridized carbons (Fsp3) is 0.684. The van der Waals surface area contributed by atoms with Gasteiger partial charge in [0.25, 0.3) is 0 Å². The third-order valence-electron chi connectivity index (χ3n) is 4.16. The molecule has 0 spiro atoms. The Balaban J connectivity index is 2.65. The van der Waals surface area contributed by atoms with Gasteiger partial charge in [0, 0.05) is 19.2 Å². The van der Waals surface area contributed by atoms with Gasteiger partial charge in [0.15, 0.2) is 0 Å². The van der Waals surface area contributed by atoms with Gasteiger partial charge in [-0.05, 0) is 50.7 Å². The molecule has 2 unspecified atom stereocenters. The number of hydrogen-bond acceptors (Lipinski definition) is 2. The van der Waals surface area contributed by atoms with Crippen LogP contribution in [0.25, 0.3) is 0 Å². The molecular weight excluding hydrogens is 258 g/mol. The molecule has 1 aromatic carbocycles. The number of rotatable bonds is 6. The Bertz CT molecular complexity index is 428. The highest BCUT2D eigenvalue weighted by Gasteiger charge is 2.21. The Morgan fingerprint density at radius 3 is 1.95 bits per heavy atom. The van der Waals surface area contributed by atoms with Crippen molar-refractivity contribution >= 4 is 0 Å². The van der Waals surface area contributed by atoms with E-state index in [1.54, 1.807) is 7.11 Å². The van der Waals surface area contributed by atoms with Gasteiger partial charge in [0.1, 0.15) is 0 Å². The summed E-state index contributed by atoms with van der Waals surface area (Å²) in [6.45, 7) is 15.5. The van der Waals surface area contributed by atoms with E-state index in [0.29, 0.717) is 12.1 Å². The van der Waals surface area contributed by atoms with Gasteiger partial charge in [0.05, 0.1) is 5.60 Å². The van der Waals surface area contributed by atoms with Gasteiger partial charge in [-0.2, -0.15) is 0 Å². The SMILES string of the molecule is COC(C)(C)CC(C)NC(C)c1ccc(C(C)(C)C)cc1. The lowest BCUT2D eigenvalue weighted by molar-refractivity contribution is 0.00782. The van der Waals surface area contributed by atoms with E-state index in [0.717, 1.165) is 6.42 Å². The quantitative estimate of drug-likeness (QED) is 0.810. The molecule has 0 aliphatic carbocycles. The Hall–Kier alpha value is -0.860. The summed E-state index contributed by atoms with van der Waals surface area (Å²) in [6.07, 6.45) is 0.994. The molecule has 0 aliphatic heterocycles. The van der Waals surface area contributed by atoms with Crippen molar-refractivity contribution in [2.75, 3.05) is 7.11 Å². The van der Waals surface area contributed by atoms with Crippen LogP contribution in [0.4, 0.5) is 0 Å². The van der Waals surface area contributed by atoms with E-state index in [4.69, 9.17) is 4.74 Å². The number of nitrogens with one attached hydrogen (secondary N) is 1. The molecule has 0 fully saturated rings. The van der Waals surface area contributed by atoms with Crippen LogP contribution in [0.2, 0.25) is 0 Å². The molecule has 0 aliphatic rings. The molecule has 0 bridgehead atoms. The van der Waals surface area contributed by atoms with Crippen LogP contribution in [0, 0.1) is 0 Å². The zero-order valence-corrected chi connectivity index (χ0v) is 15.1. The summed E-state index contributed by atoms with van der Waals surface area (Å²) in [5, 5.41) is 3.66. The summed E-state index contributed by atoms with van der Waals surface area (Å²) in [5.41, 5.74) is 2.85. The molecule has 21 heavy (non-hydrogen) atoms. The van der Waals surface area contributed by atoms with Crippen LogP contribution in [0.3, 0.4) is 0 Å². The van der Waals surface area contributed by atoms with E-state index in [2.05, 4.69) is 78.0 Å². The average molecular weight is 291 g/mol. The Kier molecular flexibility index (Phi) is 6.01. The second-order valence-corrected chi connectivity index (χ2v) is 7.83. The van der Waals surface area contributed by atoms with Crippen LogP contribution in [0.5, 0.6) is 0 Å². The van der Waals surface area contributed by atoms with Crippen LogP contribution >= 0.6 is 0 Å². The maximum atomic E-state index is 5.51. The largest absolute Gasteiger partial charge is 0.379 e. The van der Waals surface area contributed by atoms with Crippen LogP contribution in [-0.4, -0.2) is 18.8 Å². The summed E-state index contributed by atoms with van der Waals surface area (Å²) < 4.78 is 5.51. The van der Waals surface area contributed by atoms with Crippen LogP contribution in [0.1, 0.15) is 72.1 Å². The van der Waals surface area contributed by atoms with Crippen molar-refractivity contribution in [3.05, 3.63) is 35.4 Å². The third kappa shape index (κ3) is 5.80. The molecule has 0 amide bonds. The molecule has 0 saturated heterocycles. The fourth-order valence-corrected chi connectivity index (χ4v) is 2.67. The van der Waals surface area contributed by atoms with Gasteiger partial charge in [-0.25, -0.2) is 0 Å². The molecule has 1 aromatic rings. The highest BCUT2D eigenvalue weighted by atomic mass is 16.5. The smallest absolute Gasteiger partial charge is 0.0637 e. The summed E-state index contributed by atoms with van der Waals surface area (Å²) in [4.78, 5) is 0. The van der Waals surface area contributed by atoms with Crippen molar-refractivity contribution in [2.24, 2.45) is 0 Å². The second-order valence-electron chi connectivity index (χ2n) is 7.83. The lowest BCUT2D eigenvalue weighted by atomic mass is 9.86. The lowest BCUT2D eigenvalue weighted by Gasteiger charge is -2.29. The van der Waals surface area contributed by atoms with Gasteiger partial charge in [0.2, 0.25) is 0 Å². The van der Waals surface area contributed by atoms with Crippen molar-refractivity contribution in [1.29, 1.82) is 0 Å². The van der Waals surface area contributed by atoms with E-state index in [1.165, 1.54) is 11.1 Å². The van der Waals surface area contributed by atoms with E-state index in [-0.39, 0.29) is 11.0 Å². The molecule has 2 heteroatoms. The number of methoxy groups -OCH3 is 1. The second kappa shape index (κ2) is 6.93. The molecule has 0 aromatic heterocycles. The van der Waals surface area contributed by atoms with E-state index in [1.807, 2.05) is 0 Å². The predicted octanol–water partition coefficient (Wildman–Crippen LogP) is 4.84. The third-order valence-corrected chi connectivity index (χ3v) is 4.16. The Labute approximate surface area is 131 Å². The minimum absolute atomic E-state index is 0.0811. The first-order valence-electron chi connectivity index (χ1n) is 7.97. The van der Waals surface area contributed by atoms with Crippen molar-refractivity contribution in [3.8, 4) is 0 Å². The molecule has 1 rings (SSSR count). The molecule has 1 N–H and O–H groups in total. The molecular formula is C19H33NO. The average Bonchev–Trinajstić information content (AvgIpc) is 2.37. The topological polar surface area (TPSA) is 21.3 Å². The van der Waals surface area contributed by atoms with Gasteiger partial charge >= 0.3 is 0 Å². The summed E-state index contributed by atoms with van der Waals surface area (Å²) in [6, 6.07) is 9.74. The van der Waals surface area contributed by atoms with Crippen LogP contribution in [-0.2, 0) is 10.2 Å². The highest BCUT2D eigenvalue weighted by molar-refractivity contribution is 5.29. The number of hydrogen-bond donors (Lipinski definition) is 1.